The van der Waals surface area contributed by atoms with Crippen LogP contribution in [0.25, 0.3) is 0 Å². The Morgan fingerprint density at radius 2 is 2.21 bits per heavy atom. The van der Waals surface area contributed by atoms with Gasteiger partial charge in [0.25, 0.3) is 0 Å². The molecule has 1 amide bonds. The molecule has 0 aliphatic carbocycles. The lowest BCUT2D eigenvalue weighted by molar-refractivity contribution is -0.115. The summed E-state index contributed by atoms with van der Waals surface area (Å²) < 4.78 is 12.7. The quantitative estimate of drug-likeness (QED) is 0.764. The minimum absolute atomic E-state index is 0.137. The lowest BCUT2D eigenvalue weighted by Gasteiger charge is -2.07. The number of carbonyl (C=O) groups is 1. The Kier molecular flexibility index (Phi) is 3.59. The van der Waals surface area contributed by atoms with Crippen molar-refractivity contribution < 1.29 is 9.18 Å². The Bertz CT molecular complexity index is 339. The zero-order valence-corrected chi connectivity index (χ0v) is 8.23. The second-order valence-corrected chi connectivity index (χ2v) is 3.04. The monoisotopic (exact) mass is 196 g/mol. The normalized spacial score (nSPS) is 9.93. The Labute approximate surface area is 82.3 Å². The highest BCUT2D eigenvalue weighted by atomic mass is 19.1. The molecule has 0 aliphatic heterocycles. The average molecular weight is 196 g/mol. The van der Waals surface area contributed by atoms with E-state index in [0.29, 0.717) is 5.69 Å². The van der Waals surface area contributed by atoms with Crippen LogP contribution in [0.3, 0.4) is 0 Å². The number of benzene rings is 1. The van der Waals surface area contributed by atoms with E-state index in [0.717, 1.165) is 5.56 Å². The van der Waals surface area contributed by atoms with Gasteiger partial charge in [0.2, 0.25) is 5.91 Å². The summed E-state index contributed by atoms with van der Waals surface area (Å²) >= 11 is 0. The SMILES string of the molecule is CNCC(=O)Nc1ccc(F)cc1C. The topological polar surface area (TPSA) is 41.1 Å². The summed E-state index contributed by atoms with van der Waals surface area (Å²) in [5.74, 6) is -0.434. The summed E-state index contributed by atoms with van der Waals surface area (Å²) in [5, 5.41) is 5.40. The Hall–Kier alpha value is -1.42. The molecule has 0 fully saturated rings. The molecule has 2 N–H and O–H groups in total. The molecule has 0 bridgehead atoms. The number of aryl methyl sites for hydroxylation is 1. The van der Waals surface area contributed by atoms with E-state index in [9.17, 15) is 9.18 Å². The van der Waals surface area contributed by atoms with E-state index in [1.807, 2.05) is 0 Å². The molecule has 0 atom stereocenters. The molecule has 0 spiro atoms. The van der Waals surface area contributed by atoms with Crippen LogP contribution in [0, 0.1) is 12.7 Å². The molecule has 0 aromatic heterocycles. The van der Waals surface area contributed by atoms with Crippen LogP contribution in [0.15, 0.2) is 18.2 Å². The molecule has 4 heteroatoms. The zero-order chi connectivity index (χ0) is 10.6. The smallest absolute Gasteiger partial charge is 0.238 e. The highest BCUT2D eigenvalue weighted by Gasteiger charge is 2.03. The maximum absolute atomic E-state index is 12.7. The first-order valence-electron chi connectivity index (χ1n) is 4.34. The Morgan fingerprint density at radius 3 is 2.79 bits per heavy atom. The first kappa shape index (κ1) is 10.7. The summed E-state index contributed by atoms with van der Waals surface area (Å²) in [6, 6.07) is 4.26. The lowest BCUT2D eigenvalue weighted by atomic mass is 10.2. The van der Waals surface area contributed by atoms with Crippen molar-refractivity contribution in [2.45, 2.75) is 6.92 Å². The third kappa shape index (κ3) is 2.81. The molecular formula is C10H13FN2O. The zero-order valence-electron chi connectivity index (χ0n) is 8.23. The number of nitrogens with one attached hydrogen (secondary N) is 2. The molecule has 0 saturated heterocycles. The van der Waals surface area contributed by atoms with Crippen molar-refractivity contribution >= 4 is 11.6 Å². The second kappa shape index (κ2) is 4.72. The van der Waals surface area contributed by atoms with E-state index < -0.39 is 0 Å². The maximum atomic E-state index is 12.7. The van der Waals surface area contributed by atoms with Gasteiger partial charge in [-0.05, 0) is 37.7 Å². The standard InChI is InChI=1S/C10H13FN2O/c1-7-5-8(11)3-4-9(7)13-10(14)6-12-2/h3-5,12H,6H2,1-2H3,(H,13,14). The summed E-state index contributed by atoms with van der Waals surface area (Å²) in [7, 11) is 1.69. The number of rotatable bonds is 3. The molecule has 3 nitrogen and oxygen atoms in total. The van der Waals surface area contributed by atoms with Gasteiger partial charge in [0.05, 0.1) is 6.54 Å². The van der Waals surface area contributed by atoms with Crippen molar-refractivity contribution in [1.29, 1.82) is 0 Å². The molecule has 0 heterocycles. The largest absolute Gasteiger partial charge is 0.325 e. The van der Waals surface area contributed by atoms with E-state index in [1.165, 1.54) is 12.1 Å². The minimum Gasteiger partial charge on any atom is -0.325 e. The molecule has 0 saturated carbocycles. The second-order valence-electron chi connectivity index (χ2n) is 3.04. The Morgan fingerprint density at radius 1 is 1.50 bits per heavy atom. The third-order valence-electron chi connectivity index (χ3n) is 1.80. The first-order valence-corrected chi connectivity index (χ1v) is 4.34. The van der Waals surface area contributed by atoms with Crippen LogP contribution >= 0.6 is 0 Å². The van der Waals surface area contributed by atoms with E-state index in [2.05, 4.69) is 10.6 Å². The Balaban J connectivity index is 2.72. The minimum atomic E-state index is -0.297. The number of carbonyl (C=O) groups excluding carboxylic acids is 1. The van der Waals surface area contributed by atoms with E-state index in [1.54, 1.807) is 20.0 Å². The van der Waals surface area contributed by atoms with Gasteiger partial charge in [0.15, 0.2) is 0 Å². The van der Waals surface area contributed by atoms with Crippen LogP contribution in [-0.4, -0.2) is 19.5 Å². The number of amides is 1. The summed E-state index contributed by atoms with van der Waals surface area (Å²) in [6.07, 6.45) is 0. The molecule has 0 aliphatic rings. The number of hydrogen-bond donors (Lipinski definition) is 2. The van der Waals surface area contributed by atoms with Crippen molar-refractivity contribution in [2.75, 3.05) is 18.9 Å². The average Bonchev–Trinajstić information content (AvgIpc) is 2.10. The van der Waals surface area contributed by atoms with Gasteiger partial charge in [-0.25, -0.2) is 4.39 Å². The third-order valence-corrected chi connectivity index (χ3v) is 1.80. The van der Waals surface area contributed by atoms with Crippen molar-refractivity contribution in [3.63, 3.8) is 0 Å². The highest BCUT2D eigenvalue weighted by Crippen LogP contribution is 2.15. The number of halogens is 1. The fourth-order valence-corrected chi connectivity index (χ4v) is 1.12. The molecule has 76 valence electrons. The van der Waals surface area contributed by atoms with Gasteiger partial charge in [-0.15, -0.1) is 0 Å². The van der Waals surface area contributed by atoms with Crippen molar-refractivity contribution in [2.24, 2.45) is 0 Å². The van der Waals surface area contributed by atoms with Gasteiger partial charge in [0, 0.05) is 5.69 Å². The highest BCUT2D eigenvalue weighted by molar-refractivity contribution is 5.92. The van der Waals surface area contributed by atoms with Gasteiger partial charge in [-0.1, -0.05) is 0 Å². The van der Waals surface area contributed by atoms with Gasteiger partial charge in [-0.3, -0.25) is 4.79 Å². The summed E-state index contributed by atoms with van der Waals surface area (Å²) in [6.45, 7) is 1.99. The molecule has 1 aromatic carbocycles. The van der Waals surface area contributed by atoms with Crippen molar-refractivity contribution in [3.05, 3.63) is 29.6 Å². The lowest BCUT2D eigenvalue weighted by Crippen LogP contribution is -2.25. The predicted molar refractivity (Wildman–Crippen MR) is 53.7 cm³/mol. The first-order chi connectivity index (χ1) is 6.63. The van der Waals surface area contributed by atoms with Gasteiger partial charge >= 0.3 is 0 Å². The van der Waals surface area contributed by atoms with Crippen molar-refractivity contribution in [1.82, 2.24) is 5.32 Å². The molecule has 14 heavy (non-hydrogen) atoms. The summed E-state index contributed by atoms with van der Waals surface area (Å²) in [5.41, 5.74) is 1.36. The maximum Gasteiger partial charge on any atom is 0.238 e. The van der Waals surface area contributed by atoms with Gasteiger partial charge in [0.1, 0.15) is 5.82 Å². The van der Waals surface area contributed by atoms with Crippen molar-refractivity contribution in [3.8, 4) is 0 Å². The molecule has 1 aromatic rings. The van der Waals surface area contributed by atoms with E-state index in [-0.39, 0.29) is 18.3 Å². The number of likely N-dealkylation sites (N-methyl/N-ethyl adjacent to an activating group) is 1. The molecular weight excluding hydrogens is 183 g/mol. The number of hydrogen-bond acceptors (Lipinski definition) is 2. The van der Waals surface area contributed by atoms with Crippen LogP contribution < -0.4 is 10.6 Å². The fraction of sp³-hybridized carbons (Fsp3) is 0.300. The van der Waals surface area contributed by atoms with E-state index in [4.69, 9.17) is 0 Å². The summed E-state index contributed by atoms with van der Waals surface area (Å²) in [4.78, 5) is 11.2. The molecule has 0 unspecified atom stereocenters. The fourth-order valence-electron chi connectivity index (χ4n) is 1.12. The van der Waals surface area contributed by atoms with Crippen LogP contribution in [0.5, 0.6) is 0 Å². The van der Waals surface area contributed by atoms with Gasteiger partial charge in [-0.2, -0.15) is 0 Å². The van der Waals surface area contributed by atoms with Crippen LogP contribution in [0.1, 0.15) is 5.56 Å². The molecule has 0 radical (unpaired) electrons. The van der Waals surface area contributed by atoms with Crippen LogP contribution in [0.4, 0.5) is 10.1 Å². The van der Waals surface area contributed by atoms with E-state index >= 15 is 0 Å². The predicted octanol–water partition coefficient (Wildman–Crippen LogP) is 1.29. The van der Waals surface area contributed by atoms with Gasteiger partial charge < -0.3 is 10.6 Å². The van der Waals surface area contributed by atoms with Crippen LogP contribution in [0.2, 0.25) is 0 Å². The molecule has 1 rings (SSSR count). The van der Waals surface area contributed by atoms with Crippen LogP contribution in [-0.2, 0) is 4.79 Å². The number of anilines is 1.